The molecule has 0 aromatic heterocycles. The van der Waals surface area contributed by atoms with E-state index in [9.17, 15) is 4.79 Å². The van der Waals surface area contributed by atoms with Crippen molar-refractivity contribution in [2.45, 2.75) is 13.0 Å². The molecule has 0 radical (unpaired) electrons. The largest absolute Gasteiger partial charge is 0.478 e. The Morgan fingerprint density at radius 3 is 2.85 bits per heavy atom. The van der Waals surface area contributed by atoms with Crippen molar-refractivity contribution in [3.63, 3.8) is 0 Å². The average molecular weight is 295 g/mol. The summed E-state index contributed by atoms with van der Waals surface area (Å²) in [5.74, 6) is -0.947. The van der Waals surface area contributed by atoms with Gasteiger partial charge in [0.1, 0.15) is 0 Å². The van der Waals surface area contributed by atoms with E-state index in [1.165, 1.54) is 0 Å². The predicted molar refractivity (Wildman–Crippen MR) is 82.4 cm³/mol. The standard InChI is InChI=1S/C15H19ClN2O2/c1-11-10-18(8-7-17(11)2)14-9-13(16)5-3-12(14)4-6-15(19)20/h3-6,9,11H,7-8,10H2,1-2H3,(H,19,20)/b6-4+. The smallest absolute Gasteiger partial charge is 0.328 e. The SMILES string of the molecule is CC1CN(c2cc(Cl)ccc2/C=C/C(=O)O)CCN1C. The molecule has 0 saturated carbocycles. The zero-order valence-corrected chi connectivity index (χ0v) is 12.5. The molecule has 1 aromatic carbocycles. The predicted octanol–water partition coefficient (Wildman–Crippen LogP) is 2.58. The Morgan fingerprint density at radius 1 is 1.45 bits per heavy atom. The van der Waals surface area contributed by atoms with Gasteiger partial charge in [0, 0.05) is 42.5 Å². The van der Waals surface area contributed by atoms with Gasteiger partial charge in [-0.05, 0) is 37.7 Å². The molecule has 1 atom stereocenters. The van der Waals surface area contributed by atoms with E-state index in [4.69, 9.17) is 16.7 Å². The van der Waals surface area contributed by atoms with E-state index in [-0.39, 0.29) is 0 Å². The van der Waals surface area contributed by atoms with E-state index in [1.54, 1.807) is 12.1 Å². The van der Waals surface area contributed by atoms with E-state index in [2.05, 4.69) is 23.8 Å². The van der Waals surface area contributed by atoms with Crippen LogP contribution in [-0.2, 0) is 4.79 Å². The molecule has 1 aliphatic rings. The molecule has 1 saturated heterocycles. The molecular weight excluding hydrogens is 276 g/mol. The molecule has 2 rings (SSSR count). The van der Waals surface area contributed by atoms with E-state index in [0.29, 0.717) is 11.1 Å². The van der Waals surface area contributed by atoms with Crippen molar-refractivity contribution in [1.29, 1.82) is 0 Å². The number of anilines is 1. The Kier molecular flexibility index (Phi) is 4.68. The summed E-state index contributed by atoms with van der Waals surface area (Å²) in [5, 5.41) is 9.44. The number of nitrogens with zero attached hydrogens (tertiary/aromatic N) is 2. The highest BCUT2D eigenvalue weighted by Crippen LogP contribution is 2.28. The van der Waals surface area contributed by atoms with E-state index < -0.39 is 5.97 Å². The number of carboxylic acids is 1. The lowest BCUT2D eigenvalue weighted by Gasteiger charge is -2.39. The van der Waals surface area contributed by atoms with Crippen LogP contribution in [0.2, 0.25) is 5.02 Å². The van der Waals surface area contributed by atoms with Crippen molar-refractivity contribution >= 4 is 29.3 Å². The van der Waals surface area contributed by atoms with Gasteiger partial charge in [-0.15, -0.1) is 0 Å². The van der Waals surface area contributed by atoms with Crippen LogP contribution in [-0.4, -0.2) is 48.7 Å². The van der Waals surface area contributed by atoms with Crippen LogP contribution in [0.25, 0.3) is 6.08 Å². The molecule has 1 fully saturated rings. The number of aliphatic carboxylic acids is 1. The van der Waals surface area contributed by atoms with Crippen LogP contribution in [0, 0.1) is 0 Å². The first-order valence-corrected chi connectivity index (χ1v) is 7.01. The van der Waals surface area contributed by atoms with Gasteiger partial charge < -0.3 is 14.9 Å². The Morgan fingerprint density at radius 2 is 2.20 bits per heavy atom. The number of likely N-dealkylation sites (N-methyl/N-ethyl adjacent to an activating group) is 1. The molecule has 1 aliphatic heterocycles. The number of hydrogen-bond donors (Lipinski definition) is 1. The van der Waals surface area contributed by atoms with Gasteiger partial charge in [0.15, 0.2) is 0 Å². The van der Waals surface area contributed by atoms with Gasteiger partial charge in [-0.25, -0.2) is 4.79 Å². The minimum atomic E-state index is -0.947. The molecule has 0 bridgehead atoms. The fourth-order valence-electron chi connectivity index (χ4n) is 2.36. The topological polar surface area (TPSA) is 43.8 Å². The van der Waals surface area contributed by atoms with E-state index in [1.807, 2.05) is 12.1 Å². The quantitative estimate of drug-likeness (QED) is 0.870. The minimum absolute atomic E-state index is 0.457. The summed E-state index contributed by atoms with van der Waals surface area (Å²) >= 11 is 6.09. The van der Waals surface area contributed by atoms with Crippen LogP contribution in [0.15, 0.2) is 24.3 Å². The summed E-state index contributed by atoms with van der Waals surface area (Å²) in [6.07, 6.45) is 2.78. The van der Waals surface area contributed by atoms with Crippen molar-refractivity contribution < 1.29 is 9.90 Å². The maximum atomic E-state index is 10.7. The monoisotopic (exact) mass is 294 g/mol. The number of carbonyl (C=O) groups is 1. The zero-order chi connectivity index (χ0) is 14.7. The second-order valence-electron chi connectivity index (χ2n) is 5.15. The van der Waals surface area contributed by atoms with Gasteiger partial charge in [0.05, 0.1) is 0 Å². The maximum absolute atomic E-state index is 10.7. The van der Waals surface area contributed by atoms with Crippen LogP contribution in [0.5, 0.6) is 0 Å². The van der Waals surface area contributed by atoms with Crippen molar-refractivity contribution in [3.05, 3.63) is 34.9 Å². The summed E-state index contributed by atoms with van der Waals surface area (Å²) in [5.41, 5.74) is 1.88. The Labute approximate surface area is 124 Å². The lowest BCUT2D eigenvalue weighted by Crippen LogP contribution is -2.50. The van der Waals surface area contributed by atoms with Crippen LogP contribution in [0.3, 0.4) is 0 Å². The normalized spacial score (nSPS) is 20.6. The lowest BCUT2D eigenvalue weighted by atomic mass is 10.1. The fraction of sp³-hybridized carbons (Fsp3) is 0.400. The van der Waals surface area contributed by atoms with Crippen LogP contribution in [0.1, 0.15) is 12.5 Å². The number of carboxylic acid groups (broad SMARTS) is 1. The van der Waals surface area contributed by atoms with Crippen LogP contribution < -0.4 is 4.90 Å². The molecular formula is C15H19ClN2O2. The Bertz CT molecular complexity index is 531. The molecule has 108 valence electrons. The highest BCUT2D eigenvalue weighted by molar-refractivity contribution is 6.31. The Balaban J connectivity index is 2.29. The van der Waals surface area contributed by atoms with Gasteiger partial charge in [0.25, 0.3) is 0 Å². The third-order valence-electron chi connectivity index (χ3n) is 3.70. The first kappa shape index (κ1) is 14.9. The van der Waals surface area contributed by atoms with Crippen molar-refractivity contribution in [2.75, 3.05) is 31.6 Å². The third kappa shape index (κ3) is 3.52. The zero-order valence-electron chi connectivity index (χ0n) is 11.7. The van der Waals surface area contributed by atoms with Gasteiger partial charge in [-0.3, -0.25) is 0 Å². The van der Waals surface area contributed by atoms with Gasteiger partial charge in [0.2, 0.25) is 0 Å². The van der Waals surface area contributed by atoms with Gasteiger partial charge in [-0.2, -0.15) is 0 Å². The first-order valence-electron chi connectivity index (χ1n) is 6.63. The Hall–Kier alpha value is -1.52. The summed E-state index contributed by atoms with van der Waals surface area (Å²) in [7, 11) is 2.12. The van der Waals surface area contributed by atoms with Crippen molar-refractivity contribution in [2.24, 2.45) is 0 Å². The van der Waals surface area contributed by atoms with E-state index >= 15 is 0 Å². The number of hydrogen-bond acceptors (Lipinski definition) is 3. The second kappa shape index (κ2) is 6.29. The van der Waals surface area contributed by atoms with Crippen molar-refractivity contribution in [1.82, 2.24) is 4.90 Å². The maximum Gasteiger partial charge on any atom is 0.328 e. The van der Waals surface area contributed by atoms with Gasteiger partial charge >= 0.3 is 5.97 Å². The highest BCUT2D eigenvalue weighted by atomic mass is 35.5. The summed E-state index contributed by atoms with van der Waals surface area (Å²) in [6.45, 7) is 4.99. The van der Waals surface area contributed by atoms with Crippen LogP contribution in [0.4, 0.5) is 5.69 Å². The lowest BCUT2D eigenvalue weighted by molar-refractivity contribution is -0.131. The molecule has 1 unspecified atom stereocenters. The molecule has 1 heterocycles. The van der Waals surface area contributed by atoms with Crippen molar-refractivity contribution in [3.8, 4) is 0 Å². The molecule has 4 nitrogen and oxygen atoms in total. The molecule has 0 aliphatic carbocycles. The number of halogens is 1. The summed E-state index contributed by atoms with van der Waals surface area (Å²) < 4.78 is 0. The summed E-state index contributed by atoms with van der Waals surface area (Å²) in [6, 6.07) is 6.01. The molecule has 5 heteroatoms. The highest BCUT2D eigenvalue weighted by Gasteiger charge is 2.22. The molecule has 20 heavy (non-hydrogen) atoms. The van der Waals surface area contributed by atoms with E-state index in [0.717, 1.165) is 37.0 Å². The molecule has 1 N–H and O–H groups in total. The fourth-order valence-corrected chi connectivity index (χ4v) is 2.53. The number of rotatable bonds is 3. The first-order chi connectivity index (χ1) is 9.47. The third-order valence-corrected chi connectivity index (χ3v) is 3.93. The molecule has 1 aromatic rings. The number of piperazine rings is 1. The van der Waals surface area contributed by atoms with Gasteiger partial charge in [-0.1, -0.05) is 17.7 Å². The average Bonchev–Trinajstić information content (AvgIpc) is 2.40. The summed E-state index contributed by atoms with van der Waals surface area (Å²) in [4.78, 5) is 15.3. The minimum Gasteiger partial charge on any atom is -0.478 e. The second-order valence-corrected chi connectivity index (χ2v) is 5.59. The number of benzene rings is 1. The molecule has 0 amide bonds. The van der Waals surface area contributed by atoms with Crippen LogP contribution >= 0.6 is 11.6 Å². The molecule has 0 spiro atoms.